The van der Waals surface area contributed by atoms with E-state index in [1.807, 2.05) is 28.9 Å². The van der Waals surface area contributed by atoms with Gasteiger partial charge in [0.25, 0.3) is 0 Å². The first-order chi connectivity index (χ1) is 22.2. The van der Waals surface area contributed by atoms with Crippen molar-refractivity contribution in [1.29, 1.82) is 0 Å². The molecule has 0 aliphatic carbocycles. The van der Waals surface area contributed by atoms with E-state index in [1.54, 1.807) is 11.3 Å². The molecule has 0 fully saturated rings. The zero-order valence-corrected chi connectivity index (χ0v) is 26.4. The smallest absolute Gasteiger partial charge is 0.0702 e. The lowest BCUT2D eigenvalue weighted by Crippen LogP contribution is -1.86. The second kappa shape index (κ2) is 9.82. The maximum absolute atomic E-state index is 4.89. The van der Waals surface area contributed by atoms with E-state index in [4.69, 9.17) is 4.98 Å². The molecule has 0 saturated carbocycles. The molecule has 0 unspecified atom stereocenters. The molecule has 0 atom stereocenters. The molecule has 0 bridgehead atoms. The van der Waals surface area contributed by atoms with Gasteiger partial charge in [0.2, 0.25) is 0 Å². The van der Waals surface area contributed by atoms with Crippen LogP contribution in [0.5, 0.6) is 0 Å². The summed E-state index contributed by atoms with van der Waals surface area (Å²) in [6, 6.07) is 46.9. The van der Waals surface area contributed by atoms with Crippen LogP contribution in [0.15, 0.2) is 139 Å². The van der Waals surface area contributed by atoms with Gasteiger partial charge in [0.05, 0.1) is 15.1 Å². The van der Waals surface area contributed by atoms with Gasteiger partial charge in [0.15, 0.2) is 0 Å². The third-order valence-electron chi connectivity index (χ3n) is 8.97. The van der Waals surface area contributed by atoms with Crippen molar-refractivity contribution < 1.29 is 0 Å². The Balaban J connectivity index is 0.972. The van der Waals surface area contributed by atoms with E-state index in [2.05, 4.69) is 133 Å². The molecule has 45 heavy (non-hydrogen) atoms. The molecule has 210 valence electrons. The Morgan fingerprint density at radius 3 is 1.73 bits per heavy atom. The molecular weight excluding hydrogens is 603 g/mol. The Morgan fingerprint density at radius 1 is 0.400 bits per heavy atom. The fourth-order valence-corrected chi connectivity index (χ4v) is 10.0. The first-order valence-corrected chi connectivity index (χ1v) is 17.5. The van der Waals surface area contributed by atoms with Crippen LogP contribution in [0, 0.1) is 0 Å². The Hall–Kier alpha value is -4.87. The number of pyridine rings is 1. The molecule has 0 aliphatic heterocycles. The van der Waals surface area contributed by atoms with Gasteiger partial charge in [-0.05, 0) is 104 Å². The summed E-state index contributed by atoms with van der Waals surface area (Å²) in [6.07, 6.45) is 2.00. The molecule has 4 heterocycles. The summed E-state index contributed by atoms with van der Waals surface area (Å²) >= 11 is 5.63. The van der Waals surface area contributed by atoms with Crippen LogP contribution in [0.25, 0.3) is 94.7 Å². The number of hydrogen-bond donors (Lipinski definition) is 0. The zero-order valence-electron chi connectivity index (χ0n) is 24.0. The third kappa shape index (κ3) is 4.14. The van der Waals surface area contributed by atoms with E-state index in [0.29, 0.717) is 0 Å². The summed E-state index contributed by atoms with van der Waals surface area (Å²) in [5.74, 6) is 0. The molecule has 0 spiro atoms. The van der Waals surface area contributed by atoms with E-state index in [0.717, 1.165) is 16.8 Å². The number of aromatic nitrogens is 1. The van der Waals surface area contributed by atoms with Gasteiger partial charge in [-0.2, -0.15) is 0 Å². The molecule has 0 aliphatic rings. The standard InChI is InChI=1S/C41H23NS3/c1-2-4-27-21-38-34(19-26(27)3-1)40-41(44-38)35-20-29-9-10-30(18-33(29)22-39(35)45-40)36-13-11-32(23-42-36)25-7-5-24(6-8-25)28-12-14-37-31(17-28)15-16-43-37/h1-23H. The minimum absolute atomic E-state index is 0.992. The van der Waals surface area contributed by atoms with Crippen LogP contribution in [0.2, 0.25) is 0 Å². The van der Waals surface area contributed by atoms with Crippen molar-refractivity contribution in [3.8, 4) is 33.5 Å². The summed E-state index contributed by atoms with van der Waals surface area (Å²) in [5, 5.41) is 11.3. The second-order valence-corrected chi connectivity index (χ2v) is 14.7. The number of benzene rings is 6. The van der Waals surface area contributed by atoms with E-state index in [9.17, 15) is 0 Å². The lowest BCUT2D eigenvalue weighted by atomic mass is 9.99. The van der Waals surface area contributed by atoms with Crippen molar-refractivity contribution >= 4 is 95.2 Å². The number of thiophene rings is 3. The number of hydrogen-bond acceptors (Lipinski definition) is 4. The predicted molar refractivity (Wildman–Crippen MR) is 199 cm³/mol. The summed E-state index contributed by atoms with van der Waals surface area (Å²) in [4.78, 5) is 4.89. The fraction of sp³-hybridized carbons (Fsp3) is 0. The minimum atomic E-state index is 0.992. The first kappa shape index (κ1) is 25.5. The van der Waals surface area contributed by atoms with Gasteiger partial charge >= 0.3 is 0 Å². The third-order valence-corrected chi connectivity index (χ3v) is 12.4. The minimum Gasteiger partial charge on any atom is -0.256 e. The Morgan fingerprint density at radius 2 is 1.00 bits per heavy atom. The van der Waals surface area contributed by atoms with E-state index in [1.165, 1.54) is 77.9 Å². The second-order valence-electron chi connectivity index (χ2n) is 11.7. The Labute approximate surface area is 271 Å². The lowest BCUT2D eigenvalue weighted by molar-refractivity contribution is 1.33. The van der Waals surface area contributed by atoms with Crippen molar-refractivity contribution in [2.75, 3.05) is 0 Å². The van der Waals surface area contributed by atoms with Crippen LogP contribution in [-0.2, 0) is 0 Å². The highest BCUT2D eigenvalue weighted by Crippen LogP contribution is 2.46. The zero-order chi connectivity index (χ0) is 29.5. The van der Waals surface area contributed by atoms with Crippen molar-refractivity contribution in [2.24, 2.45) is 0 Å². The molecule has 0 amide bonds. The maximum atomic E-state index is 4.89. The predicted octanol–water partition coefficient (Wildman–Crippen LogP) is 13.2. The molecule has 0 radical (unpaired) electrons. The van der Waals surface area contributed by atoms with E-state index >= 15 is 0 Å². The summed E-state index contributed by atoms with van der Waals surface area (Å²) < 4.78 is 6.85. The first-order valence-electron chi connectivity index (χ1n) is 15.0. The fourth-order valence-electron chi connectivity index (χ4n) is 6.58. The molecule has 4 aromatic heterocycles. The molecule has 4 heteroatoms. The average Bonchev–Trinajstić information content (AvgIpc) is 3.80. The van der Waals surface area contributed by atoms with Crippen LogP contribution in [-0.4, -0.2) is 4.98 Å². The van der Waals surface area contributed by atoms with E-state index < -0.39 is 0 Å². The van der Waals surface area contributed by atoms with Crippen molar-refractivity contribution in [3.05, 3.63) is 139 Å². The number of nitrogens with zero attached hydrogens (tertiary/aromatic N) is 1. The largest absolute Gasteiger partial charge is 0.256 e. The summed E-state index contributed by atoms with van der Waals surface area (Å²) in [7, 11) is 0. The van der Waals surface area contributed by atoms with Gasteiger partial charge in [-0.25, -0.2) is 0 Å². The van der Waals surface area contributed by atoms with Gasteiger partial charge in [-0.15, -0.1) is 34.0 Å². The highest BCUT2D eigenvalue weighted by molar-refractivity contribution is 7.36. The average molecular weight is 626 g/mol. The van der Waals surface area contributed by atoms with Crippen molar-refractivity contribution in [2.45, 2.75) is 0 Å². The summed E-state index contributed by atoms with van der Waals surface area (Å²) in [6.45, 7) is 0. The molecule has 0 saturated heterocycles. The maximum Gasteiger partial charge on any atom is 0.0702 e. The number of fused-ring (bicyclic) bond motifs is 8. The van der Waals surface area contributed by atoms with E-state index in [-0.39, 0.29) is 0 Å². The van der Waals surface area contributed by atoms with Crippen LogP contribution in [0.1, 0.15) is 0 Å². The highest BCUT2D eigenvalue weighted by atomic mass is 32.1. The monoisotopic (exact) mass is 625 g/mol. The van der Waals surface area contributed by atoms with Crippen LogP contribution < -0.4 is 0 Å². The van der Waals surface area contributed by atoms with Gasteiger partial charge in [-0.3, -0.25) is 4.98 Å². The normalized spacial score (nSPS) is 12.0. The SMILES string of the molecule is c1ccc2cc3c(cc2c1)sc1c2cc4ccc(-c5ccc(-c6ccc(-c7ccc8sccc8c7)cc6)cn5)cc4cc2sc31. The molecular formula is C41H23NS3. The topological polar surface area (TPSA) is 12.9 Å². The van der Waals surface area contributed by atoms with Gasteiger partial charge in [0.1, 0.15) is 0 Å². The number of rotatable bonds is 3. The van der Waals surface area contributed by atoms with Crippen LogP contribution >= 0.6 is 34.0 Å². The lowest BCUT2D eigenvalue weighted by Gasteiger charge is -2.08. The Kier molecular flexibility index (Phi) is 5.55. The van der Waals surface area contributed by atoms with Crippen molar-refractivity contribution in [1.82, 2.24) is 4.98 Å². The molecule has 0 N–H and O–H groups in total. The molecule has 1 nitrogen and oxygen atoms in total. The highest BCUT2D eigenvalue weighted by Gasteiger charge is 2.14. The van der Waals surface area contributed by atoms with Gasteiger partial charge in [-0.1, -0.05) is 72.8 Å². The van der Waals surface area contributed by atoms with Crippen molar-refractivity contribution in [3.63, 3.8) is 0 Å². The van der Waals surface area contributed by atoms with Crippen LogP contribution in [0.3, 0.4) is 0 Å². The van der Waals surface area contributed by atoms with Gasteiger partial charge in [0, 0.05) is 42.2 Å². The quantitative estimate of drug-likeness (QED) is 0.190. The molecule has 10 rings (SSSR count). The van der Waals surface area contributed by atoms with Crippen LogP contribution in [0.4, 0.5) is 0 Å². The van der Waals surface area contributed by atoms with Gasteiger partial charge < -0.3 is 0 Å². The molecule has 6 aromatic carbocycles. The Bertz CT molecular complexity index is 2740. The summed E-state index contributed by atoms with van der Waals surface area (Å²) in [5.41, 5.74) is 6.91. The molecule has 10 aromatic rings.